The SMILES string of the molecule is Cc1ccc(C=CC(=O)N2CC(=O)NC(=O)C2(C)C)o1. The Hall–Kier alpha value is -2.37. The van der Waals surface area contributed by atoms with Crippen LogP contribution in [0.5, 0.6) is 0 Å². The zero-order valence-corrected chi connectivity index (χ0v) is 11.6. The lowest BCUT2D eigenvalue weighted by Crippen LogP contribution is -2.65. The Morgan fingerprint density at radius 3 is 2.70 bits per heavy atom. The van der Waals surface area contributed by atoms with E-state index < -0.39 is 23.3 Å². The molecule has 6 nitrogen and oxygen atoms in total. The highest BCUT2D eigenvalue weighted by Gasteiger charge is 2.42. The van der Waals surface area contributed by atoms with Crippen LogP contribution in [0.3, 0.4) is 0 Å². The molecular formula is C14H16N2O4. The van der Waals surface area contributed by atoms with Crippen molar-refractivity contribution < 1.29 is 18.8 Å². The molecule has 1 aliphatic heterocycles. The van der Waals surface area contributed by atoms with Gasteiger partial charge in [-0.1, -0.05) is 0 Å². The summed E-state index contributed by atoms with van der Waals surface area (Å²) in [5.41, 5.74) is -1.06. The number of nitrogens with one attached hydrogen (secondary N) is 1. The maximum absolute atomic E-state index is 12.2. The molecule has 1 aromatic heterocycles. The van der Waals surface area contributed by atoms with Crippen molar-refractivity contribution in [1.29, 1.82) is 0 Å². The van der Waals surface area contributed by atoms with Gasteiger partial charge in [-0.25, -0.2) is 0 Å². The molecule has 0 aliphatic carbocycles. The predicted molar refractivity (Wildman–Crippen MR) is 71.4 cm³/mol. The van der Waals surface area contributed by atoms with Gasteiger partial charge in [-0.15, -0.1) is 0 Å². The van der Waals surface area contributed by atoms with Gasteiger partial charge < -0.3 is 9.32 Å². The molecule has 1 fully saturated rings. The minimum Gasteiger partial charge on any atom is -0.462 e. The molecule has 106 valence electrons. The Bertz CT molecular complexity index is 598. The van der Waals surface area contributed by atoms with Crippen LogP contribution < -0.4 is 5.32 Å². The number of furan rings is 1. The molecule has 0 aromatic carbocycles. The van der Waals surface area contributed by atoms with Crippen molar-refractivity contribution in [3.63, 3.8) is 0 Å². The number of amides is 3. The van der Waals surface area contributed by atoms with E-state index in [0.29, 0.717) is 5.76 Å². The summed E-state index contributed by atoms with van der Waals surface area (Å²) in [5, 5.41) is 2.22. The molecule has 1 saturated heterocycles. The number of aryl methyl sites for hydroxylation is 1. The lowest BCUT2D eigenvalue weighted by molar-refractivity contribution is -0.153. The molecule has 1 aromatic rings. The van der Waals surface area contributed by atoms with E-state index in [-0.39, 0.29) is 6.54 Å². The minimum absolute atomic E-state index is 0.140. The van der Waals surface area contributed by atoms with Gasteiger partial charge in [0.05, 0.1) is 0 Å². The summed E-state index contributed by atoms with van der Waals surface area (Å²) in [6.45, 7) is 4.85. The van der Waals surface area contributed by atoms with E-state index in [4.69, 9.17) is 4.42 Å². The normalized spacial score (nSPS) is 18.4. The molecule has 2 rings (SSSR count). The van der Waals surface area contributed by atoms with Crippen molar-refractivity contribution in [3.8, 4) is 0 Å². The standard InChI is InChI=1S/C14H16N2O4/c1-9-4-5-10(20-9)6-7-12(18)16-8-11(17)15-13(19)14(16,2)3/h4-7H,8H2,1-3H3,(H,15,17,19). The molecule has 0 saturated carbocycles. The van der Waals surface area contributed by atoms with E-state index in [1.54, 1.807) is 32.9 Å². The van der Waals surface area contributed by atoms with Gasteiger partial charge in [0.2, 0.25) is 11.8 Å². The van der Waals surface area contributed by atoms with Crippen LogP contribution in [0.25, 0.3) is 6.08 Å². The van der Waals surface area contributed by atoms with Crippen LogP contribution in [0.1, 0.15) is 25.4 Å². The fourth-order valence-electron chi connectivity index (χ4n) is 1.92. The Morgan fingerprint density at radius 2 is 2.10 bits per heavy atom. The number of hydrogen-bond donors (Lipinski definition) is 1. The average molecular weight is 276 g/mol. The highest BCUT2D eigenvalue weighted by atomic mass is 16.3. The predicted octanol–water partition coefficient (Wildman–Crippen LogP) is 0.865. The summed E-state index contributed by atoms with van der Waals surface area (Å²) in [6, 6.07) is 3.52. The molecule has 0 unspecified atom stereocenters. The lowest BCUT2D eigenvalue weighted by atomic mass is 9.98. The number of hydrogen-bond acceptors (Lipinski definition) is 4. The first kappa shape index (κ1) is 14.0. The molecule has 2 heterocycles. The third-order valence-corrected chi connectivity index (χ3v) is 3.20. The third kappa shape index (κ3) is 2.64. The fraction of sp³-hybridized carbons (Fsp3) is 0.357. The van der Waals surface area contributed by atoms with Gasteiger partial charge in [-0.05, 0) is 39.0 Å². The summed E-state index contributed by atoms with van der Waals surface area (Å²) in [4.78, 5) is 36.5. The average Bonchev–Trinajstić information content (AvgIpc) is 2.77. The molecule has 6 heteroatoms. The van der Waals surface area contributed by atoms with Crippen molar-refractivity contribution in [3.05, 3.63) is 29.7 Å². The van der Waals surface area contributed by atoms with Gasteiger partial charge in [0.25, 0.3) is 5.91 Å². The van der Waals surface area contributed by atoms with Crippen LogP contribution in [0.15, 0.2) is 22.6 Å². The van der Waals surface area contributed by atoms with Crippen molar-refractivity contribution in [1.82, 2.24) is 10.2 Å². The molecule has 0 bridgehead atoms. The minimum atomic E-state index is -1.06. The van der Waals surface area contributed by atoms with Crippen LogP contribution in [0.4, 0.5) is 0 Å². The summed E-state index contributed by atoms with van der Waals surface area (Å²) >= 11 is 0. The topological polar surface area (TPSA) is 79.6 Å². The number of carbonyl (C=O) groups excluding carboxylic acids is 3. The maximum Gasteiger partial charge on any atom is 0.252 e. The largest absolute Gasteiger partial charge is 0.462 e. The van der Waals surface area contributed by atoms with Gasteiger partial charge in [0.1, 0.15) is 23.6 Å². The van der Waals surface area contributed by atoms with Crippen LogP contribution in [0.2, 0.25) is 0 Å². The second-order valence-corrected chi connectivity index (χ2v) is 5.14. The lowest BCUT2D eigenvalue weighted by Gasteiger charge is -2.39. The number of carbonyl (C=O) groups is 3. The van der Waals surface area contributed by atoms with Gasteiger partial charge in [-0.3, -0.25) is 19.7 Å². The second-order valence-electron chi connectivity index (χ2n) is 5.14. The van der Waals surface area contributed by atoms with E-state index in [2.05, 4.69) is 5.32 Å². The van der Waals surface area contributed by atoms with E-state index in [0.717, 1.165) is 5.76 Å². The van der Waals surface area contributed by atoms with E-state index in [9.17, 15) is 14.4 Å². The highest BCUT2D eigenvalue weighted by Crippen LogP contribution is 2.19. The Labute approximate surface area is 116 Å². The monoisotopic (exact) mass is 276 g/mol. The molecule has 1 N–H and O–H groups in total. The first-order valence-electron chi connectivity index (χ1n) is 6.21. The summed E-state index contributed by atoms with van der Waals surface area (Å²) in [6.07, 6.45) is 2.81. The van der Waals surface area contributed by atoms with Crippen molar-refractivity contribution in [2.24, 2.45) is 0 Å². The number of piperazine rings is 1. The smallest absolute Gasteiger partial charge is 0.252 e. The Morgan fingerprint density at radius 1 is 1.40 bits per heavy atom. The van der Waals surface area contributed by atoms with E-state index in [1.165, 1.54) is 17.1 Å². The first-order valence-corrected chi connectivity index (χ1v) is 6.21. The molecule has 3 amide bonds. The summed E-state index contributed by atoms with van der Waals surface area (Å²) in [5.74, 6) is -0.0899. The maximum atomic E-state index is 12.2. The Kier molecular flexibility index (Phi) is 3.48. The number of nitrogens with zero attached hydrogens (tertiary/aromatic N) is 1. The number of rotatable bonds is 2. The Balaban J connectivity index is 2.17. The van der Waals surface area contributed by atoms with Crippen molar-refractivity contribution in [2.45, 2.75) is 26.3 Å². The fourth-order valence-corrected chi connectivity index (χ4v) is 1.92. The molecule has 20 heavy (non-hydrogen) atoms. The number of imide groups is 1. The zero-order chi connectivity index (χ0) is 14.9. The van der Waals surface area contributed by atoms with E-state index in [1.807, 2.05) is 0 Å². The van der Waals surface area contributed by atoms with Crippen LogP contribution in [-0.2, 0) is 14.4 Å². The molecular weight excluding hydrogens is 260 g/mol. The third-order valence-electron chi connectivity index (χ3n) is 3.20. The van der Waals surface area contributed by atoms with Gasteiger partial charge in [0.15, 0.2) is 0 Å². The zero-order valence-electron chi connectivity index (χ0n) is 11.6. The van der Waals surface area contributed by atoms with Crippen LogP contribution in [-0.4, -0.2) is 34.7 Å². The van der Waals surface area contributed by atoms with E-state index >= 15 is 0 Å². The van der Waals surface area contributed by atoms with Gasteiger partial charge >= 0.3 is 0 Å². The molecule has 1 aliphatic rings. The molecule has 0 spiro atoms. The first-order chi connectivity index (χ1) is 9.30. The second kappa shape index (κ2) is 4.96. The molecule has 0 radical (unpaired) electrons. The van der Waals surface area contributed by atoms with Crippen molar-refractivity contribution >= 4 is 23.8 Å². The summed E-state index contributed by atoms with van der Waals surface area (Å²) in [7, 11) is 0. The van der Waals surface area contributed by atoms with Crippen LogP contribution >= 0.6 is 0 Å². The highest BCUT2D eigenvalue weighted by molar-refractivity contribution is 6.08. The quantitative estimate of drug-likeness (QED) is 0.642. The van der Waals surface area contributed by atoms with Gasteiger partial charge in [0, 0.05) is 6.08 Å². The van der Waals surface area contributed by atoms with Crippen molar-refractivity contribution in [2.75, 3.05) is 6.54 Å². The molecule has 0 atom stereocenters. The van der Waals surface area contributed by atoms with Crippen LogP contribution in [0, 0.1) is 6.92 Å². The van der Waals surface area contributed by atoms with Gasteiger partial charge in [-0.2, -0.15) is 0 Å². The summed E-state index contributed by atoms with van der Waals surface area (Å²) < 4.78 is 5.31.